The van der Waals surface area contributed by atoms with Crippen molar-refractivity contribution in [2.45, 2.75) is 32.2 Å². The number of carboxylic acids is 1. The topological polar surface area (TPSA) is 77.9 Å². The van der Waals surface area contributed by atoms with Crippen molar-refractivity contribution in [3.05, 3.63) is 29.8 Å². The fourth-order valence-corrected chi connectivity index (χ4v) is 3.43. The molecule has 0 radical (unpaired) electrons. The van der Waals surface area contributed by atoms with Gasteiger partial charge in [-0.1, -0.05) is 18.2 Å². The molecule has 0 spiro atoms. The van der Waals surface area contributed by atoms with E-state index in [-0.39, 0.29) is 24.2 Å². The van der Waals surface area contributed by atoms with Crippen LogP contribution in [0.1, 0.15) is 24.8 Å². The molecule has 2 amide bonds. The number of amides is 2. The number of benzene rings is 1. The molecule has 23 heavy (non-hydrogen) atoms. The highest BCUT2D eigenvalue weighted by atomic mass is 16.4. The van der Waals surface area contributed by atoms with Gasteiger partial charge in [0.1, 0.15) is 0 Å². The first-order chi connectivity index (χ1) is 11.0. The second kappa shape index (κ2) is 6.12. The van der Waals surface area contributed by atoms with Crippen molar-refractivity contribution >= 4 is 23.5 Å². The number of para-hydroxylation sites is 1. The Morgan fingerprint density at radius 2 is 1.83 bits per heavy atom. The Morgan fingerprint density at radius 3 is 2.43 bits per heavy atom. The third-order valence-electron chi connectivity index (χ3n) is 4.80. The molecule has 0 aromatic heterocycles. The van der Waals surface area contributed by atoms with Crippen LogP contribution >= 0.6 is 0 Å². The molecule has 1 unspecified atom stereocenters. The van der Waals surface area contributed by atoms with Crippen LogP contribution in [0.5, 0.6) is 0 Å². The van der Waals surface area contributed by atoms with Gasteiger partial charge in [0.25, 0.3) is 5.91 Å². The van der Waals surface area contributed by atoms with Crippen LogP contribution in [0.15, 0.2) is 24.3 Å². The van der Waals surface area contributed by atoms with Crippen LogP contribution < -0.4 is 4.90 Å². The summed E-state index contributed by atoms with van der Waals surface area (Å²) >= 11 is 0. The van der Waals surface area contributed by atoms with Gasteiger partial charge in [0.2, 0.25) is 5.91 Å². The highest BCUT2D eigenvalue weighted by molar-refractivity contribution is 6.22. The van der Waals surface area contributed by atoms with E-state index in [4.69, 9.17) is 5.11 Å². The molecule has 2 fully saturated rings. The fourth-order valence-electron chi connectivity index (χ4n) is 3.43. The Kier molecular flexibility index (Phi) is 4.17. The van der Waals surface area contributed by atoms with Gasteiger partial charge in [-0.3, -0.25) is 19.3 Å². The predicted octanol–water partition coefficient (Wildman–Crippen LogP) is 1.42. The minimum Gasteiger partial charge on any atom is -0.481 e. The van der Waals surface area contributed by atoms with Gasteiger partial charge in [0, 0.05) is 0 Å². The minimum absolute atomic E-state index is 0.172. The second-order valence-electron chi connectivity index (χ2n) is 6.22. The van der Waals surface area contributed by atoms with E-state index in [1.54, 1.807) is 6.07 Å². The van der Waals surface area contributed by atoms with Gasteiger partial charge in [-0.25, -0.2) is 4.90 Å². The normalized spacial score (nSPS) is 23.5. The lowest BCUT2D eigenvalue weighted by molar-refractivity contribution is -0.143. The summed E-state index contributed by atoms with van der Waals surface area (Å²) in [5.41, 5.74) is 1.53. The van der Waals surface area contributed by atoms with E-state index in [0.717, 1.165) is 5.56 Å². The summed E-state index contributed by atoms with van der Waals surface area (Å²) in [5, 5.41) is 9.06. The van der Waals surface area contributed by atoms with Crippen LogP contribution in [0.2, 0.25) is 0 Å². The quantitative estimate of drug-likeness (QED) is 0.853. The third kappa shape index (κ3) is 2.86. The van der Waals surface area contributed by atoms with Crippen molar-refractivity contribution in [2.24, 2.45) is 5.92 Å². The molecular weight excluding hydrogens is 296 g/mol. The van der Waals surface area contributed by atoms with Crippen molar-refractivity contribution < 1.29 is 19.5 Å². The average Bonchev–Trinajstić information content (AvgIpc) is 2.83. The van der Waals surface area contributed by atoms with Crippen LogP contribution in [0.3, 0.4) is 0 Å². The number of hydrogen-bond donors (Lipinski definition) is 1. The van der Waals surface area contributed by atoms with Crippen molar-refractivity contribution in [2.75, 3.05) is 18.0 Å². The average molecular weight is 316 g/mol. The summed E-state index contributed by atoms with van der Waals surface area (Å²) in [7, 11) is 0. The van der Waals surface area contributed by atoms with E-state index in [9.17, 15) is 14.4 Å². The molecule has 1 aromatic carbocycles. The van der Waals surface area contributed by atoms with Gasteiger partial charge < -0.3 is 5.11 Å². The lowest BCUT2D eigenvalue weighted by atomic mass is 9.95. The van der Waals surface area contributed by atoms with Gasteiger partial charge in [-0.05, 0) is 44.5 Å². The molecule has 2 saturated heterocycles. The van der Waals surface area contributed by atoms with E-state index >= 15 is 0 Å². The van der Waals surface area contributed by atoms with Crippen LogP contribution in [0.25, 0.3) is 0 Å². The standard InChI is InChI=1S/C17H20N2O4/c1-11-4-2-3-5-13(11)19-15(20)10-14(16(19)21)18-8-6-12(7-9-18)17(22)23/h2-5,12,14H,6-10H2,1H3,(H,22,23). The summed E-state index contributed by atoms with van der Waals surface area (Å²) in [6.45, 7) is 2.96. The monoisotopic (exact) mass is 316 g/mol. The maximum absolute atomic E-state index is 12.7. The molecule has 0 saturated carbocycles. The number of carbonyl (C=O) groups is 3. The van der Waals surface area contributed by atoms with Crippen LogP contribution in [-0.4, -0.2) is 46.9 Å². The van der Waals surface area contributed by atoms with Gasteiger partial charge >= 0.3 is 5.97 Å². The zero-order valence-electron chi connectivity index (χ0n) is 13.1. The highest BCUT2D eigenvalue weighted by Crippen LogP contribution is 2.30. The number of hydrogen-bond acceptors (Lipinski definition) is 4. The van der Waals surface area contributed by atoms with Crippen molar-refractivity contribution in [3.8, 4) is 0 Å². The Bertz CT molecular complexity index is 650. The number of aryl methyl sites for hydroxylation is 1. The lowest BCUT2D eigenvalue weighted by Gasteiger charge is -2.33. The Balaban J connectivity index is 1.75. The second-order valence-corrected chi connectivity index (χ2v) is 6.22. The molecule has 2 aliphatic heterocycles. The first-order valence-corrected chi connectivity index (χ1v) is 7.88. The molecule has 2 aliphatic rings. The van der Waals surface area contributed by atoms with E-state index < -0.39 is 12.0 Å². The maximum atomic E-state index is 12.7. The predicted molar refractivity (Wildman–Crippen MR) is 84.0 cm³/mol. The van der Waals surface area contributed by atoms with Gasteiger partial charge in [-0.2, -0.15) is 0 Å². The summed E-state index contributed by atoms with van der Waals surface area (Å²) in [6, 6.07) is 6.88. The maximum Gasteiger partial charge on any atom is 0.306 e. The van der Waals surface area contributed by atoms with E-state index in [1.165, 1.54) is 4.90 Å². The number of likely N-dealkylation sites (tertiary alicyclic amines) is 1. The van der Waals surface area contributed by atoms with Gasteiger partial charge in [0.15, 0.2) is 0 Å². The molecule has 3 rings (SSSR count). The first kappa shape index (κ1) is 15.7. The molecule has 1 aromatic rings. The number of rotatable bonds is 3. The van der Waals surface area contributed by atoms with Crippen molar-refractivity contribution in [1.82, 2.24) is 4.90 Å². The van der Waals surface area contributed by atoms with E-state index in [2.05, 4.69) is 0 Å². The lowest BCUT2D eigenvalue weighted by Crippen LogP contribution is -2.46. The Hall–Kier alpha value is -2.21. The molecular formula is C17H20N2O4. The smallest absolute Gasteiger partial charge is 0.306 e. The molecule has 122 valence electrons. The number of carbonyl (C=O) groups excluding carboxylic acids is 2. The number of aliphatic carboxylic acids is 1. The Labute approximate surface area is 134 Å². The zero-order valence-corrected chi connectivity index (χ0v) is 13.1. The van der Waals surface area contributed by atoms with Crippen LogP contribution in [-0.2, 0) is 14.4 Å². The molecule has 2 heterocycles. The van der Waals surface area contributed by atoms with Gasteiger partial charge in [0.05, 0.1) is 24.1 Å². The number of imide groups is 1. The van der Waals surface area contributed by atoms with Crippen LogP contribution in [0, 0.1) is 12.8 Å². The fraction of sp³-hybridized carbons (Fsp3) is 0.471. The highest BCUT2D eigenvalue weighted by Gasteiger charge is 2.44. The summed E-state index contributed by atoms with van der Waals surface area (Å²) < 4.78 is 0. The summed E-state index contributed by atoms with van der Waals surface area (Å²) in [4.78, 5) is 39.3. The van der Waals surface area contributed by atoms with E-state index in [1.807, 2.05) is 30.0 Å². The number of piperidine rings is 1. The largest absolute Gasteiger partial charge is 0.481 e. The van der Waals surface area contributed by atoms with Crippen molar-refractivity contribution in [3.63, 3.8) is 0 Å². The first-order valence-electron chi connectivity index (χ1n) is 7.88. The summed E-state index contributed by atoms with van der Waals surface area (Å²) in [5.74, 6) is -1.50. The molecule has 1 atom stereocenters. The molecule has 0 aliphatic carbocycles. The summed E-state index contributed by atoms with van der Waals surface area (Å²) in [6.07, 6.45) is 1.22. The molecule has 6 heteroatoms. The zero-order chi connectivity index (χ0) is 16.6. The number of anilines is 1. The van der Waals surface area contributed by atoms with Gasteiger partial charge in [-0.15, -0.1) is 0 Å². The molecule has 1 N–H and O–H groups in total. The molecule has 6 nitrogen and oxygen atoms in total. The number of nitrogens with zero attached hydrogens (tertiary/aromatic N) is 2. The molecule has 0 bridgehead atoms. The van der Waals surface area contributed by atoms with Crippen molar-refractivity contribution in [1.29, 1.82) is 0 Å². The SMILES string of the molecule is Cc1ccccc1N1C(=O)CC(N2CCC(C(=O)O)CC2)C1=O. The minimum atomic E-state index is -0.778. The Morgan fingerprint density at radius 1 is 1.17 bits per heavy atom. The number of carboxylic acid groups (broad SMARTS) is 1. The van der Waals surface area contributed by atoms with Crippen LogP contribution in [0.4, 0.5) is 5.69 Å². The van der Waals surface area contributed by atoms with E-state index in [0.29, 0.717) is 31.6 Å². The third-order valence-corrected chi connectivity index (χ3v) is 4.80.